The number of aryl methyl sites for hydroxylation is 2. The van der Waals surface area contributed by atoms with E-state index in [4.69, 9.17) is 27.9 Å². The minimum atomic E-state index is -0.141. The van der Waals surface area contributed by atoms with Gasteiger partial charge in [0.05, 0.1) is 5.75 Å². The maximum absolute atomic E-state index is 12.3. The van der Waals surface area contributed by atoms with Gasteiger partial charge in [-0.3, -0.25) is 4.79 Å². The average molecular weight is 451 g/mol. The van der Waals surface area contributed by atoms with Crippen LogP contribution < -0.4 is 10.1 Å². The number of amides is 1. The highest BCUT2D eigenvalue weighted by atomic mass is 35.5. The predicted molar refractivity (Wildman–Crippen MR) is 117 cm³/mol. The van der Waals surface area contributed by atoms with Crippen molar-refractivity contribution in [1.29, 1.82) is 0 Å². The lowest BCUT2D eigenvalue weighted by Gasteiger charge is -2.10. The van der Waals surface area contributed by atoms with Gasteiger partial charge in [0.15, 0.2) is 11.0 Å². The van der Waals surface area contributed by atoms with Gasteiger partial charge in [-0.25, -0.2) is 0 Å². The fraction of sp³-hybridized carbons (Fsp3) is 0.250. The summed E-state index contributed by atoms with van der Waals surface area (Å²) >= 11 is 13.3. The highest BCUT2D eigenvalue weighted by Crippen LogP contribution is 2.24. The highest BCUT2D eigenvalue weighted by Gasteiger charge is 2.13. The number of halogens is 2. The number of nitrogens with one attached hydrogen (secondary N) is 1. The lowest BCUT2D eigenvalue weighted by Crippen LogP contribution is -2.15. The fourth-order valence-corrected chi connectivity index (χ4v) is 3.69. The van der Waals surface area contributed by atoms with Gasteiger partial charge in [-0.2, -0.15) is 0 Å². The molecular weight excluding hydrogens is 431 g/mol. The van der Waals surface area contributed by atoms with Gasteiger partial charge in [-0.05, 0) is 55.3 Å². The van der Waals surface area contributed by atoms with Crippen LogP contribution in [0.25, 0.3) is 0 Å². The molecule has 1 heterocycles. The van der Waals surface area contributed by atoms with Gasteiger partial charge in [0.2, 0.25) is 5.91 Å². The van der Waals surface area contributed by atoms with Crippen molar-refractivity contribution < 1.29 is 9.53 Å². The van der Waals surface area contributed by atoms with Crippen molar-refractivity contribution in [3.8, 4) is 5.75 Å². The number of thioether (sulfide) groups is 1. The minimum Gasteiger partial charge on any atom is -0.485 e. The Hall–Kier alpha value is -2.22. The second kappa shape index (κ2) is 9.52. The van der Waals surface area contributed by atoms with E-state index >= 15 is 0 Å². The number of anilines is 1. The number of aromatic nitrogens is 3. The number of hydrogen-bond acceptors (Lipinski definition) is 5. The Morgan fingerprint density at radius 3 is 2.59 bits per heavy atom. The molecule has 0 aliphatic carbocycles. The van der Waals surface area contributed by atoms with E-state index in [9.17, 15) is 4.79 Å². The Balaban J connectivity index is 1.56. The van der Waals surface area contributed by atoms with Crippen LogP contribution in [0.4, 0.5) is 5.69 Å². The molecule has 0 bridgehead atoms. The van der Waals surface area contributed by atoms with Crippen LogP contribution in [0.5, 0.6) is 5.75 Å². The zero-order chi connectivity index (χ0) is 21.0. The zero-order valence-electron chi connectivity index (χ0n) is 16.2. The molecule has 152 valence electrons. The van der Waals surface area contributed by atoms with Gasteiger partial charge < -0.3 is 14.6 Å². The summed E-state index contributed by atoms with van der Waals surface area (Å²) in [6.45, 7) is 4.11. The maximum Gasteiger partial charge on any atom is 0.234 e. The molecule has 3 aromatic rings. The topological polar surface area (TPSA) is 69.0 Å². The van der Waals surface area contributed by atoms with E-state index in [2.05, 4.69) is 15.5 Å². The minimum absolute atomic E-state index is 0.141. The van der Waals surface area contributed by atoms with Crippen LogP contribution in [0.1, 0.15) is 17.0 Å². The standard InChI is InChI=1S/C20H20Cl2N4O2S/c1-12-4-5-15(22)9-16(12)23-19(27)11-29-20-25-24-18(26(20)3)10-28-17-7-6-14(21)8-13(17)2/h4-9H,10-11H2,1-3H3,(H,23,27). The molecule has 0 aliphatic heterocycles. The molecule has 1 amide bonds. The molecule has 0 radical (unpaired) electrons. The normalized spacial score (nSPS) is 10.8. The van der Waals surface area contributed by atoms with Crippen LogP contribution in [-0.2, 0) is 18.4 Å². The van der Waals surface area contributed by atoms with Crippen molar-refractivity contribution in [3.05, 3.63) is 63.4 Å². The maximum atomic E-state index is 12.3. The van der Waals surface area contributed by atoms with Crippen molar-refractivity contribution >= 4 is 46.6 Å². The number of hydrogen-bond donors (Lipinski definition) is 1. The summed E-state index contributed by atoms with van der Waals surface area (Å²) in [6, 6.07) is 10.8. The van der Waals surface area contributed by atoms with Crippen molar-refractivity contribution in [2.24, 2.45) is 7.05 Å². The van der Waals surface area contributed by atoms with Crippen LogP contribution in [0, 0.1) is 13.8 Å². The SMILES string of the molecule is Cc1ccc(Cl)cc1NC(=O)CSc1nnc(COc2ccc(Cl)cc2C)n1C. The fourth-order valence-electron chi connectivity index (χ4n) is 2.56. The molecule has 3 rings (SSSR count). The van der Waals surface area contributed by atoms with E-state index in [-0.39, 0.29) is 18.3 Å². The molecular formula is C20H20Cl2N4O2S. The summed E-state index contributed by atoms with van der Waals surface area (Å²) in [7, 11) is 1.84. The molecule has 2 aromatic carbocycles. The highest BCUT2D eigenvalue weighted by molar-refractivity contribution is 7.99. The average Bonchev–Trinajstić information content (AvgIpc) is 3.02. The Bertz CT molecular complexity index is 1040. The Morgan fingerprint density at radius 2 is 1.83 bits per heavy atom. The van der Waals surface area contributed by atoms with Gasteiger partial charge in [0.25, 0.3) is 0 Å². The summed E-state index contributed by atoms with van der Waals surface area (Å²) in [5, 5.41) is 13.0. The van der Waals surface area contributed by atoms with Crippen LogP contribution in [0.3, 0.4) is 0 Å². The second-order valence-corrected chi connectivity index (χ2v) is 8.27. The van der Waals surface area contributed by atoms with Gasteiger partial charge in [-0.1, -0.05) is 41.0 Å². The summed E-state index contributed by atoms with van der Waals surface area (Å²) in [6.07, 6.45) is 0. The first-order valence-electron chi connectivity index (χ1n) is 8.79. The Labute approximate surface area is 183 Å². The molecule has 6 nitrogen and oxygen atoms in total. The van der Waals surface area contributed by atoms with E-state index in [1.807, 2.05) is 43.7 Å². The third kappa shape index (κ3) is 5.65. The van der Waals surface area contributed by atoms with E-state index < -0.39 is 0 Å². The number of benzene rings is 2. The first-order chi connectivity index (χ1) is 13.8. The van der Waals surface area contributed by atoms with Crippen molar-refractivity contribution in [2.75, 3.05) is 11.1 Å². The molecule has 0 spiro atoms. The molecule has 29 heavy (non-hydrogen) atoms. The quantitative estimate of drug-likeness (QED) is 0.510. The monoisotopic (exact) mass is 450 g/mol. The summed E-state index contributed by atoms with van der Waals surface area (Å²) in [5.74, 6) is 1.46. The molecule has 0 saturated carbocycles. The van der Waals surface area contributed by atoms with Gasteiger partial charge in [0, 0.05) is 22.8 Å². The van der Waals surface area contributed by atoms with Gasteiger partial charge >= 0.3 is 0 Å². The number of carbonyl (C=O) groups excluding carboxylic acids is 1. The number of rotatable bonds is 7. The molecule has 1 N–H and O–H groups in total. The first kappa shape index (κ1) is 21.5. The van der Waals surface area contributed by atoms with Crippen LogP contribution in [-0.4, -0.2) is 26.4 Å². The smallest absolute Gasteiger partial charge is 0.234 e. The van der Waals surface area contributed by atoms with Crippen molar-refractivity contribution in [1.82, 2.24) is 14.8 Å². The molecule has 0 fully saturated rings. The van der Waals surface area contributed by atoms with Gasteiger partial charge in [0.1, 0.15) is 12.4 Å². The molecule has 0 atom stereocenters. The Kier molecular flexibility index (Phi) is 7.05. The third-order valence-corrected chi connectivity index (χ3v) is 5.72. The predicted octanol–water partition coefficient (Wildman–Crippen LogP) is 5.05. The van der Waals surface area contributed by atoms with E-state index in [0.29, 0.717) is 26.7 Å². The largest absolute Gasteiger partial charge is 0.485 e. The Morgan fingerprint density at radius 1 is 1.10 bits per heavy atom. The molecule has 0 unspecified atom stereocenters. The molecule has 1 aromatic heterocycles. The molecule has 9 heteroatoms. The lowest BCUT2D eigenvalue weighted by atomic mass is 10.2. The van der Waals surface area contributed by atoms with Crippen LogP contribution in [0.15, 0.2) is 41.6 Å². The van der Waals surface area contributed by atoms with E-state index in [0.717, 1.165) is 16.9 Å². The number of nitrogens with zero attached hydrogens (tertiary/aromatic N) is 3. The summed E-state index contributed by atoms with van der Waals surface area (Å²) in [4.78, 5) is 12.3. The lowest BCUT2D eigenvalue weighted by molar-refractivity contribution is -0.113. The van der Waals surface area contributed by atoms with Crippen LogP contribution >= 0.6 is 35.0 Å². The van der Waals surface area contributed by atoms with Crippen molar-refractivity contribution in [3.63, 3.8) is 0 Å². The summed E-state index contributed by atoms with van der Waals surface area (Å²) < 4.78 is 7.63. The zero-order valence-corrected chi connectivity index (χ0v) is 18.5. The second-order valence-electron chi connectivity index (χ2n) is 6.45. The first-order valence-corrected chi connectivity index (χ1v) is 10.5. The molecule has 0 aliphatic rings. The van der Waals surface area contributed by atoms with E-state index in [1.165, 1.54) is 11.8 Å². The number of carbonyl (C=O) groups is 1. The van der Waals surface area contributed by atoms with Gasteiger partial charge in [-0.15, -0.1) is 10.2 Å². The summed E-state index contributed by atoms with van der Waals surface area (Å²) in [5.41, 5.74) is 2.60. The third-order valence-electron chi connectivity index (χ3n) is 4.22. The van der Waals surface area contributed by atoms with Crippen LogP contribution in [0.2, 0.25) is 10.0 Å². The molecule has 0 saturated heterocycles. The van der Waals surface area contributed by atoms with Crippen molar-refractivity contribution in [2.45, 2.75) is 25.6 Å². The number of ether oxygens (including phenoxy) is 1. The van der Waals surface area contributed by atoms with E-state index in [1.54, 1.807) is 18.2 Å².